The molecule has 0 aliphatic rings. The minimum atomic E-state index is -1.01. The number of nitrogens with zero attached hydrogens (tertiary/aromatic N) is 4. The van der Waals surface area contributed by atoms with Crippen LogP contribution >= 0.6 is 0 Å². The fourth-order valence-electron chi connectivity index (χ4n) is 2.71. The van der Waals surface area contributed by atoms with E-state index in [4.69, 9.17) is 5.11 Å². The van der Waals surface area contributed by atoms with Crippen molar-refractivity contribution in [1.29, 1.82) is 0 Å². The van der Waals surface area contributed by atoms with Gasteiger partial charge in [0.2, 0.25) is 5.95 Å². The van der Waals surface area contributed by atoms with Gasteiger partial charge in [0.15, 0.2) is 5.82 Å². The van der Waals surface area contributed by atoms with E-state index in [0.717, 1.165) is 12.0 Å². The van der Waals surface area contributed by atoms with Crippen molar-refractivity contribution in [3.05, 3.63) is 53.9 Å². The summed E-state index contributed by atoms with van der Waals surface area (Å²) in [6.45, 7) is 5.83. The van der Waals surface area contributed by atoms with Gasteiger partial charge in [0.25, 0.3) is 0 Å². The van der Waals surface area contributed by atoms with E-state index < -0.39 is 11.8 Å². The van der Waals surface area contributed by atoms with Crippen LogP contribution in [0.15, 0.2) is 36.7 Å². The molecule has 3 rings (SSSR count). The van der Waals surface area contributed by atoms with Gasteiger partial charge in [-0.1, -0.05) is 0 Å². The number of hydrogen-bond acceptors (Lipinski definition) is 5. The van der Waals surface area contributed by atoms with E-state index in [1.54, 1.807) is 18.3 Å². The van der Waals surface area contributed by atoms with E-state index in [2.05, 4.69) is 20.3 Å². The Morgan fingerprint density at radius 1 is 1.19 bits per heavy atom. The number of nitrogens with one attached hydrogen (secondary N) is 1. The van der Waals surface area contributed by atoms with Gasteiger partial charge in [-0.2, -0.15) is 0 Å². The van der Waals surface area contributed by atoms with Crippen molar-refractivity contribution in [2.45, 2.75) is 26.8 Å². The van der Waals surface area contributed by atoms with E-state index in [9.17, 15) is 9.18 Å². The van der Waals surface area contributed by atoms with Gasteiger partial charge in [-0.15, -0.1) is 0 Å². The van der Waals surface area contributed by atoms with E-state index in [1.807, 2.05) is 25.3 Å². The molecular formula is C18H19FLiN5O2. The Labute approximate surface area is 167 Å². The number of rotatable bonds is 5. The first-order chi connectivity index (χ1) is 12.4. The number of carboxylic acid groups (broad SMARTS) is 1. The van der Waals surface area contributed by atoms with Crippen LogP contribution in [0.3, 0.4) is 0 Å². The average Bonchev–Trinajstić information content (AvgIpc) is 2.98. The average molecular weight is 363 g/mol. The summed E-state index contributed by atoms with van der Waals surface area (Å²) >= 11 is 0. The molecule has 0 fully saturated rings. The van der Waals surface area contributed by atoms with Gasteiger partial charge >= 0.3 is 24.8 Å². The zero-order valence-electron chi connectivity index (χ0n) is 14.6. The van der Waals surface area contributed by atoms with Gasteiger partial charge < -0.3 is 15.0 Å². The zero-order valence-corrected chi connectivity index (χ0v) is 14.6. The standard InChI is InChI=1S/C18H18FN5O2.Li.H/c1-10(2)24-11(3)20-9-15(24)16-14(19)8-21-18(23-16)22-13-6-4-12(5-7-13)17(25)26;;/h4-10H,1-3H3,(H,25,26)(H,21,22,23);;. The summed E-state index contributed by atoms with van der Waals surface area (Å²) in [6, 6.07) is 6.22. The van der Waals surface area contributed by atoms with Crippen LogP contribution in [0.4, 0.5) is 16.0 Å². The molecule has 0 spiro atoms. The molecule has 0 atom stereocenters. The van der Waals surface area contributed by atoms with Gasteiger partial charge in [0.05, 0.1) is 23.7 Å². The van der Waals surface area contributed by atoms with Crippen LogP contribution in [0.2, 0.25) is 0 Å². The molecule has 2 aromatic heterocycles. The van der Waals surface area contributed by atoms with Crippen LogP contribution in [0.25, 0.3) is 11.4 Å². The second-order valence-corrected chi connectivity index (χ2v) is 6.05. The third kappa shape index (κ3) is 4.35. The molecule has 27 heavy (non-hydrogen) atoms. The molecule has 2 heterocycles. The van der Waals surface area contributed by atoms with E-state index in [0.29, 0.717) is 11.4 Å². The fraction of sp³-hybridized carbons (Fsp3) is 0.222. The molecule has 0 aliphatic carbocycles. The molecule has 0 unspecified atom stereocenters. The predicted octanol–water partition coefficient (Wildman–Crippen LogP) is 3.16. The number of carboxylic acids is 1. The second kappa shape index (κ2) is 8.33. The molecule has 0 aliphatic heterocycles. The SMILES string of the molecule is Cc1ncc(-c2nc(Nc3ccc(C(=O)O)cc3)ncc2F)n1C(C)C.[LiH]. The number of benzene rings is 1. The molecule has 0 radical (unpaired) electrons. The Hall–Kier alpha value is -2.69. The Balaban J connectivity index is 0.00000261. The summed E-state index contributed by atoms with van der Waals surface area (Å²) in [5.74, 6) is -0.571. The van der Waals surface area contributed by atoms with Crippen molar-refractivity contribution in [2.24, 2.45) is 0 Å². The molecule has 0 saturated heterocycles. The molecule has 136 valence electrons. The zero-order chi connectivity index (χ0) is 18.8. The van der Waals surface area contributed by atoms with Crippen LogP contribution in [-0.2, 0) is 0 Å². The van der Waals surface area contributed by atoms with Crippen molar-refractivity contribution >= 4 is 36.5 Å². The summed E-state index contributed by atoms with van der Waals surface area (Å²) in [5, 5.41) is 11.9. The Kier molecular flexibility index (Phi) is 6.36. The van der Waals surface area contributed by atoms with Gasteiger partial charge in [-0.05, 0) is 45.0 Å². The topological polar surface area (TPSA) is 92.9 Å². The number of aromatic nitrogens is 4. The van der Waals surface area contributed by atoms with Gasteiger partial charge in [0.1, 0.15) is 11.5 Å². The van der Waals surface area contributed by atoms with Crippen LogP contribution in [-0.4, -0.2) is 49.5 Å². The number of aromatic carboxylic acids is 1. The molecule has 0 bridgehead atoms. The number of hydrogen-bond donors (Lipinski definition) is 2. The van der Waals surface area contributed by atoms with Crippen LogP contribution < -0.4 is 5.32 Å². The maximum absolute atomic E-state index is 14.3. The Morgan fingerprint density at radius 3 is 2.44 bits per heavy atom. The summed E-state index contributed by atoms with van der Waals surface area (Å²) in [7, 11) is 0. The molecule has 0 amide bonds. The molecule has 0 saturated carbocycles. The number of carbonyl (C=O) groups is 1. The first-order valence-electron chi connectivity index (χ1n) is 8.04. The summed E-state index contributed by atoms with van der Waals surface area (Å²) in [5.41, 5.74) is 1.49. The number of halogens is 1. The van der Waals surface area contributed by atoms with Gasteiger partial charge in [0, 0.05) is 11.7 Å². The van der Waals surface area contributed by atoms with Crippen LogP contribution in [0, 0.1) is 12.7 Å². The second-order valence-electron chi connectivity index (χ2n) is 6.05. The van der Waals surface area contributed by atoms with Crippen LogP contribution in [0.5, 0.6) is 0 Å². The Bertz CT molecular complexity index is 957. The molecular weight excluding hydrogens is 344 g/mol. The fourth-order valence-corrected chi connectivity index (χ4v) is 2.71. The van der Waals surface area contributed by atoms with Crippen LogP contribution in [0.1, 0.15) is 36.1 Å². The molecule has 3 aromatic rings. The third-order valence-electron chi connectivity index (χ3n) is 3.87. The van der Waals surface area contributed by atoms with Crippen molar-refractivity contribution < 1.29 is 14.3 Å². The monoisotopic (exact) mass is 363 g/mol. The maximum atomic E-state index is 14.3. The van der Waals surface area contributed by atoms with Crippen molar-refractivity contribution in [3.63, 3.8) is 0 Å². The quantitative estimate of drug-likeness (QED) is 0.677. The van der Waals surface area contributed by atoms with Crippen molar-refractivity contribution in [2.75, 3.05) is 5.32 Å². The van der Waals surface area contributed by atoms with Gasteiger partial charge in [-0.3, -0.25) is 0 Å². The third-order valence-corrected chi connectivity index (χ3v) is 3.87. The first kappa shape index (κ1) is 20.6. The summed E-state index contributed by atoms with van der Waals surface area (Å²) in [6.07, 6.45) is 2.69. The van der Waals surface area contributed by atoms with Gasteiger partial charge in [-0.25, -0.2) is 24.1 Å². The molecule has 9 heteroatoms. The number of aryl methyl sites for hydroxylation is 1. The summed E-state index contributed by atoms with van der Waals surface area (Å²) in [4.78, 5) is 23.4. The molecule has 2 N–H and O–H groups in total. The normalized spacial score (nSPS) is 10.6. The van der Waals surface area contributed by atoms with Crippen molar-refractivity contribution in [1.82, 2.24) is 19.5 Å². The first-order valence-corrected chi connectivity index (χ1v) is 8.04. The van der Waals surface area contributed by atoms with Crippen molar-refractivity contribution in [3.8, 4) is 11.4 Å². The summed E-state index contributed by atoms with van der Waals surface area (Å²) < 4.78 is 16.2. The van der Waals surface area contributed by atoms with E-state index >= 15 is 0 Å². The molecule has 7 nitrogen and oxygen atoms in total. The molecule has 1 aromatic carbocycles. The Morgan fingerprint density at radius 2 is 1.85 bits per heavy atom. The predicted molar refractivity (Wildman–Crippen MR) is 102 cm³/mol. The number of anilines is 2. The van der Waals surface area contributed by atoms with E-state index in [1.165, 1.54) is 12.1 Å². The minimum absolute atomic E-state index is 0. The van der Waals surface area contributed by atoms with E-state index in [-0.39, 0.29) is 42.1 Å². The number of imidazole rings is 1.